The quantitative estimate of drug-likeness (QED) is 0.560. The average molecular weight is 355 g/mol. The first-order chi connectivity index (χ1) is 9.61. The molecule has 1 aromatic carbocycles. The van der Waals surface area contributed by atoms with Gasteiger partial charge in [0.15, 0.2) is 0 Å². The van der Waals surface area contributed by atoms with Crippen LogP contribution < -0.4 is 5.32 Å². The molecule has 0 amide bonds. The minimum atomic E-state index is -0.392. The van der Waals surface area contributed by atoms with Gasteiger partial charge in [-0.25, -0.2) is 0 Å². The van der Waals surface area contributed by atoms with Crippen LogP contribution >= 0.6 is 27.3 Å². The predicted octanol–water partition coefficient (Wildman–Crippen LogP) is 5.37. The Labute approximate surface area is 130 Å². The molecular weight excluding hydrogens is 340 g/mol. The highest BCUT2D eigenvalue weighted by Crippen LogP contribution is 2.33. The SMILES string of the molecule is CCCC(Nc1ccc([N+](=O)[O-])cc1Br)c1cccs1. The second kappa shape index (κ2) is 6.85. The largest absolute Gasteiger partial charge is 0.377 e. The second-order valence-electron chi connectivity index (χ2n) is 4.42. The summed E-state index contributed by atoms with van der Waals surface area (Å²) in [5.74, 6) is 0. The molecule has 0 fully saturated rings. The van der Waals surface area contributed by atoms with E-state index in [1.807, 2.05) is 6.07 Å². The lowest BCUT2D eigenvalue weighted by atomic mass is 10.1. The van der Waals surface area contributed by atoms with Crippen LogP contribution in [0.2, 0.25) is 0 Å². The van der Waals surface area contributed by atoms with Crippen molar-refractivity contribution >= 4 is 38.6 Å². The molecule has 0 aliphatic carbocycles. The molecule has 0 radical (unpaired) electrons. The van der Waals surface area contributed by atoms with Gasteiger partial charge in [0.05, 0.1) is 11.0 Å². The van der Waals surface area contributed by atoms with E-state index in [0.717, 1.165) is 18.5 Å². The van der Waals surface area contributed by atoms with E-state index in [1.54, 1.807) is 17.4 Å². The molecule has 0 aliphatic rings. The Morgan fingerprint density at radius 3 is 2.80 bits per heavy atom. The van der Waals surface area contributed by atoms with Gasteiger partial charge < -0.3 is 5.32 Å². The fourth-order valence-electron chi connectivity index (χ4n) is 1.99. The van der Waals surface area contributed by atoms with Crippen molar-refractivity contribution in [2.24, 2.45) is 0 Å². The van der Waals surface area contributed by atoms with Crippen molar-refractivity contribution in [1.82, 2.24) is 0 Å². The predicted molar refractivity (Wildman–Crippen MR) is 86.4 cm³/mol. The van der Waals surface area contributed by atoms with Gasteiger partial charge in [0.25, 0.3) is 5.69 Å². The van der Waals surface area contributed by atoms with Crippen molar-refractivity contribution in [3.8, 4) is 0 Å². The molecule has 0 saturated heterocycles. The first-order valence-electron chi connectivity index (χ1n) is 6.35. The highest BCUT2D eigenvalue weighted by atomic mass is 79.9. The maximum absolute atomic E-state index is 10.7. The van der Waals surface area contributed by atoms with Crippen LogP contribution in [0.15, 0.2) is 40.2 Å². The van der Waals surface area contributed by atoms with E-state index in [0.29, 0.717) is 4.47 Å². The first kappa shape index (κ1) is 15.0. The number of anilines is 1. The molecule has 106 valence electrons. The molecule has 4 nitrogen and oxygen atoms in total. The van der Waals surface area contributed by atoms with Gasteiger partial charge in [0.2, 0.25) is 0 Å². The number of hydrogen-bond donors (Lipinski definition) is 1. The van der Waals surface area contributed by atoms with Crippen molar-refractivity contribution in [3.05, 3.63) is 55.2 Å². The Morgan fingerprint density at radius 2 is 2.25 bits per heavy atom. The lowest BCUT2D eigenvalue weighted by Gasteiger charge is -2.19. The molecular formula is C14H15BrN2O2S. The minimum Gasteiger partial charge on any atom is -0.377 e. The zero-order valence-electron chi connectivity index (χ0n) is 11.0. The van der Waals surface area contributed by atoms with E-state index in [9.17, 15) is 10.1 Å². The van der Waals surface area contributed by atoms with Gasteiger partial charge in [-0.05, 0) is 39.9 Å². The first-order valence-corrected chi connectivity index (χ1v) is 8.03. The van der Waals surface area contributed by atoms with Crippen molar-refractivity contribution in [1.29, 1.82) is 0 Å². The minimum absolute atomic E-state index is 0.0885. The molecule has 6 heteroatoms. The molecule has 2 rings (SSSR count). The third-order valence-corrected chi connectivity index (χ3v) is 4.60. The van der Waals surface area contributed by atoms with Crippen LogP contribution in [0, 0.1) is 10.1 Å². The van der Waals surface area contributed by atoms with Crippen molar-refractivity contribution < 1.29 is 4.92 Å². The van der Waals surface area contributed by atoms with Crippen LogP contribution in [0.5, 0.6) is 0 Å². The summed E-state index contributed by atoms with van der Waals surface area (Å²) in [6, 6.07) is 9.17. The van der Waals surface area contributed by atoms with E-state index in [1.165, 1.54) is 17.0 Å². The van der Waals surface area contributed by atoms with Crippen molar-refractivity contribution in [2.45, 2.75) is 25.8 Å². The van der Waals surface area contributed by atoms with Gasteiger partial charge in [-0.3, -0.25) is 10.1 Å². The Morgan fingerprint density at radius 1 is 1.45 bits per heavy atom. The second-order valence-corrected chi connectivity index (χ2v) is 6.26. The van der Waals surface area contributed by atoms with Gasteiger partial charge in [-0.2, -0.15) is 0 Å². The normalized spacial score (nSPS) is 12.1. The molecule has 1 aromatic heterocycles. The molecule has 2 aromatic rings. The van der Waals surface area contributed by atoms with Gasteiger partial charge >= 0.3 is 0 Å². The number of thiophene rings is 1. The number of nitrogens with one attached hydrogen (secondary N) is 1. The summed E-state index contributed by atoms with van der Waals surface area (Å²) in [6.07, 6.45) is 2.09. The van der Waals surface area contributed by atoms with E-state index in [4.69, 9.17) is 0 Å². The number of non-ortho nitro benzene ring substituents is 1. The lowest BCUT2D eigenvalue weighted by molar-refractivity contribution is -0.384. The fraction of sp³-hybridized carbons (Fsp3) is 0.286. The lowest BCUT2D eigenvalue weighted by Crippen LogP contribution is -2.09. The number of nitro groups is 1. The summed E-state index contributed by atoms with van der Waals surface area (Å²) < 4.78 is 0.712. The highest BCUT2D eigenvalue weighted by Gasteiger charge is 2.15. The number of nitrogens with zero attached hydrogens (tertiary/aromatic N) is 1. The van der Waals surface area contributed by atoms with E-state index < -0.39 is 4.92 Å². The summed E-state index contributed by atoms with van der Waals surface area (Å²) in [5.41, 5.74) is 0.966. The van der Waals surface area contributed by atoms with Gasteiger partial charge in [-0.15, -0.1) is 11.3 Å². The fourth-order valence-corrected chi connectivity index (χ4v) is 3.28. The van der Waals surface area contributed by atoms with Crippen LogP contribution in [0.1, 0.15) is 30.7 Å². The molecule has 0 aliphatic heterocycles. The Hall–Kier alpha value is -1.40. The third kappa shape index (κ3) is 3.58. The van der Waals surface area contributed by atoms with Crippen molar-refractivity contribution in [3.63, 3.8) is 0 Å². The number of nitro benzene ring substituents is 1. The van der Waals surface area contributed by atoms with Crippen LogP contribution in [-0.4, -0.2) is 4.92 Å². The zero-order chi connectivity index (χ0) is 14.5. The summed E-state index contributed by atoms with van der Waals surface area (Å²) >= 11 is 5.11. The van der Waals surface area contributed by atoms with E-state index in [-0.39, 0.29) is 11.7 Å². The monoisotopic (exact) mass is 354 g/mol. The summed E-state index contributed by atoms with van der Waals surface area (Å²) in [7, 11) is 0. The standard InChI is InChI=1S/C14H15BrN2O2S/c1-2-4-13(14-5-3-8-20-14)16-12-7-6-10(17(18)19)9-11(12)15/h3,5-9,13,16H,2,4H2,1H3. The van der Waals surface area contributed by atoms with Gasteiger partial charge in [0, 0.05) is 27.2 Å². The maximum atomic E-state index is 10.7. The Balaban J connectivity index is 2.21. The number of rotatable bonds is 6. The van der Waals surface area contributed by atoms with E-state index in [2.05, 4.69) is 39.6 Å². The molecule has 0 spiro atoms. The summed E-state index contributed by atoms with van der Waals surface area (Å²) in [5, 5.41) is 16.3. The van der Waals surface area contributed by atoms with Crippen LogP contribution in [0.4, 0.5) is 11.4 Å². The summed E-state index contributed by atoms with van der Waals surface area (Å²) in [4.78, 5) is 11.6. The van der Waals surface area contributed by atoms with Crippen molar-refractivity contribution in [2.75, 3.05) is 5.32 Å². The summed E-state index contributed by atoms with van der Waals surface area (Å²) in [6.45, 7) is 2.15. The van der Waals surface area contributed by atoms with Gasteiger partial charge in [-0.1, -0.05) is 19.4 Å². The van der Waals surface area contributed by atoms with Crippen LogP contribution in [0.3, 0.4) is 0 Å². The molecule has 1 N–H and O–H groups in total. The average Bonchev–Trinajstić information content (AvgIpc) is 2.94. The van der Waals surface area contributed by atoms with Gasteiger partial charge in [0.1, 0.15) is 0 Å². The smallest absolute Gasteiger partial charge is 0.270 e. The molecule has 0 bridgehead atoms. The molecule has 0 saturated carbocycles. The van der Waals surface area contributed by atoms with Crippen LogP contribution in [-0.2, 0) is 0 Å². The molecule has 1 unspecified atom stereocenters. The highest BCUT2D eigenvalue weighted by molar-refractivity contribution is 9.10. The molecule has 20 heavy (non-hydrogen) atoms. The Bertz CT molecular complexity index is 587. The number of halogens is 1. The topological polar surface area (TPSA) is 55.2 Å². The number of hydrogen-bond acceptors (Lipinski definition) is 4. The molecule has 1 heterocycles. The maximum Gasteiger partial charge on any atom is 0.270 e. The van der Waals surface area contributed by atoms with Crippen LogP contribution in [0.25, 0.3) is 0 Å². The third-order valence-electron chi connectivity index (χ3n) is 2.96. The molecule has 1 atom stereocenters. The zero-order valence-corrected chi connectivity index (χ0v) is 13.4. The van der Waals surface area contributed by atoms with E-state index >= 15 is 0 Å². The number of benzene rings is 1. The Kier molecular flexibility index (Phi) is 5.14.